The van der Waals surface area contributed by atoms with Crippen molar-refractivity contribution >= 4 is 5.69 Å². The van der Waals surface area contributed by atoms with Gasteiger partial charge in [0.25, 0.3) is 0 Å². The topological polar surface area (TPSA) is 52.9 Å². The SMILES string of the molecule is OCC1C(CO)C12CON(c1ccccc1)C2c1ccccc1. The molecule has 4 nitrogen and oxygen atoms in total. The van der Waals surface area contributed by atoms with Gasteiger partial charge in [0.05, 0.1) is 18.3 Å². The summed E-state index contributed by atoms with van der Waals surface area (Å²) in [5, 5.41) is 21.5. The Bertz CT molecular complexity index is 651. The highest BCUT2D eigenvalue weighted by Gasteiger charge is 2.72. The monoisotopic (exact) mass is 311 g/mol. The Morgan fingerprint density at radius 2 is 1.48 bits per heavy atom. The number of nitrogens with zero attached hydrogens (tertiary/aromatic N) is 1. The third kappa shape index (κ3) is 2.10. The Kier molecular flexibility index (Phi) is 3.60. The first-order valence-electron chi connectivity index (χ1n) is 8.06. The number of hydroxylamine groups is 1. The smallest absolute Gasteiger partial charge is 0.0901 e. The predicted octanol–water partition coefficient (Wildman–Crippen LogP) is 2.40. The second kappa shape index (κ2) is 5.64. The molecule has 2 aliphatic rings. The largest absolute Gasteiger partial charge is 0.396 e. The zero-order valence-corrected chi connectivity index (χ0v) is 12.9. The fourth-order valence-corrected chi connectivity index (χ4v) is 4.28. The van der Waals surface area contributed by atoms with Gasteiger partial charge < -0.3 is 10.2 Å². The molecule has 2 fully saturated rings. The maximum absolute atomic E-state index is 9.77. The number of para-hydroxylation sites is 1. The van der Waals surface area contributed by atoms with E-state index in [0.717, 1.165) is 11.3 Å². The molecule has 23 heavy (non-hydrogen) atoms. The van der Waals surface area contributed by atoms with E-state index in [1.807, 2.05) is 53.6 Å². The van der Waals surface area contributed by atoms with E-state index >= 15 is 0 Å². The van der Waals surface area contributed by atoms with Gasteiger partial charge in [0.2, 0.25) is 0 Å². The molecular weight excluding hydrogens is 290 g/mol. The van der Waals surface area contributed by atoms with Crippen molar-refractivity contribution in [1.82, 2.24) is 0 Å². The van der Waals surface area contributed by atoms with Gasteiger partial charge in [0.1, 0.15) is 0 Å². The molecule has 1 saturated carbocycles. The fourth-order valence-electron chi connectivity index (χ4n) is 4.28. The molecule has 1 heterocycles. The van der Waals surface area contributed by atoms with Crippen molar-refractivity contribution < 1.29 is 15.1 Å². The summed E-state index contributed by atoms with van der Waals surface area (Å²) in [7, 11) is 0. The van der Waals surface area contributed by atoms with Crippen molar-refractivity contribution in [3.05, 3.63) is 66.2 Å². The predicted molar refractivity (Wildman–Crippen MR) is 87.6 cm³/mol. The molecular formula is C19H21NO3. The molecule has 120 valence electrons. The van der Waals surface area contributed by atoms with Gasteiger partial charge in [-0.05, 0) is 29.5 Å². The van der Waals surface area contributed by atoms with Gasteiger partial charge in [0, 0.05) is 18.6 Å². The lowest BCUT2D eigenvalue weighted by Crippen LogP contribution is -2.27. The maximum atomic E-state index is 9.77. The molecule has 4 heteroatoms. The molecule has 0 amide bonds. The zero-order chi connectivity index (χ0) is 15.9. The van der Waals surface area contributed by atoms with Crippen molar-refractivity contribution in [3.63, 3.8) is 0 Å². The van der Waals surface area contributed by atoms with Crippen LogP contribution in [0.25, 0.3) is 0 Å². The average Bonchev–Trinajstić information content (AvgIpc) is 3.07. The molecule has 1 saturated heterocycles. The fraction of sp³-hybridized carbons (Fsp3) is 0.368. The van der Waals surface area contributed by atoms with Crippen LogP contribution in [-0.2, 0) is 4.84 Å². The number of hydrogen-bond donors (Lipinski definition) is 2. The number of aliphatic hydroxyl groups excluding tert-OH is 2. The van der Waals surface area contributed by atoms with E-state index in [1.54, 1.807) is 0 Å². The first-order chi connectivity index (χ1) is 11.3. The molecule has 1 spiro atoms. The van der Waals surface area contributed by atoms with E-state index in [1.165, 1.54) is 0 Å². The van der Waals surface area contributed by atoms with Crippen molar-refractivity contribution in [3.8, 4) is 0 Å². The number of aliphatic hydroxyl groups is 2. The number of rotatable bonds is 4. The molecule has 2 N–H and O–H groups in total. The summed E-state index contributed by atoms with van der Waals surface area (Å²) >= 11 is 0. The highest BCUT2D eigenvalue weighted by Crippen LogP contribution is 2.69. The molecule has 1 aliphatic heterocycles. The van der Waals surface area contributed by atoms with Gasteiger partial charge in [-0.15, -0.1) is 0 Å². The molecule has 0 bridgehead atoms. The molecule has 0 radical (unpaired) electrons. The number of anilines is 1. The van der Waals surface area contributed by atoms with Crippen LogP contribution < -0.4 is 5.06 Å². The molecule has 2 aromatic carbocycles. The number of hydrogen-bond acceptors (Lipinski definition) is 4. The normalized spacial score (nSPS) is 32.4. The van der Waals surface area contributed by atoms with Crippen LogP contribution in [0.5, 0.6) is 0 Å². The van der Waals surface area contributed by atoms with Crippen LogP contribution in [0.15, 0.2) is 60.7 Å². The summed E-state index contributed by atoms with van der Waals surface area (Å²) < 4.78 is 0. The maximum Gasteiger partial charge on any atom is 0.0901 e. The summed E-state index contributed by atoms with van der Waals surface area (Å²) in [5.74, 6) is 0.151. The van der Waals surface area contributed by atoms with Gasteiger partial charge in [-0.25, -0.2) is 5.06 Å². The van der Waals surface area contributed by atoms with Crippen LogP contribution in [0.2, 0.25) is 0 Å². The minimum absolute atomic E-state index is 0.000370. The lowest BCUT2D eigenvalue weighted by atomic mass is 9.87. The van der Waals surface area contributed by atoms with Gasteiger partial charge in [-0.3, -0.25) is 4.84 Å². The van der Waals surface area contributed by atoms with E-state index in [0.29, 0.717) is 6.61 Å². The average molecular weight is 311 g/mol. The van der Waals surface area contributed by atoms with Gasteiger partial charge in [-0.1, -0.05) is 48.5 Å². The third-order valence-corrected chi connectivity index (χ3v) is 5.47. The van der Waals surface area contributed by atoms with Crippen LogP contribution in [0, 0.1) is 17.3 Å². The molecule has 3 unspecified atom stereocenters. The Morgan fingerprint density at radius 1 is 0.913 bits per heavy atom. The molecule has 0 aromatic heterocycles. The van der Waals surface area contributed by atoms with Crippen LogP contribution >= 0.6 is 0 Å². The van der Waals surface area contributed by atoms with E-state index in [4.69, 9.17) is 4.84 Å². The van der Waals surface area contributed by atoms with E-state index < -0.39 is 0 Å². The molecule has 2 aromatic rings. The van der Waals surface area contributed by atoms with Crippen LogP contribution in [0.1, 0.15) is 11.6 Å². The summed E-state index contributed by atoms with van der Waals surface area (Å²) in [4.78, 5) is 6.06. The van der Waals surface area contributed by atoms with Crippen molar-refractivity contribution in [2.24, 2.45) is 17.3 Å². The minimum atomic E-state index is -0.222. The van der Waals surface area contributed by atoms with Crippen LogP contribution in [0.3, 0.4) is 0 Å². The standard InChI is InChI=1S/C19H21NO3/c21-11-16-17(12-22)19(16)13-23-20(15-9-5-2-6-10-15)18(19)14-7-3-1-4-8-14/h1-10,16-18,21-22H,11-13H2. The summed E-state index contributed by atoms with van der Waals surface area (Å²) in [6.07, 6.45) is 0. The van der Waals surface area contributed by atoms with Crippen LogP contribution in [-0.4, -0.2) is 30.0 Å². The lowest BCUT2D eigenvalue weighted by molar-refractivity contribution is 0.143. The highest BCUT2D eigenvalue weighted by molar-refractivity contribution is 5.50. The Hall–Kier alpha value is -1.88. The third-order valence-electron chi connectivity index (χ3n) is 5.47. The van der Waals surface area contributed by atoms with Crippen LogP contribution in [0.4, 0.5) is 5.69 Å². The van der Waals surface area contributed by atoms with Gasteiger partial charge in [0.15, 0.2) is 0 Å². The van der Waals surface area contributed by atoms with Crippen molar-refractivity contribution in [2.75, 3.05) is 24.9 Å². The first-order valence-corrected chi connectivity index (χ1v) is 8.06. The Morgan fingerprint density at radius 3 is 2.04 bits per heavy atom. The first kappa shape index (κ1) is 14.7. The highest BCUT2D eigenvalue weighted by atomic mass is 16.7. The number of benzene rings is 2. The summed E-state index contributed by atoms with van der Waals surface area (Å²) in [5.41, 5.74) is 1.93. The molecule has 4 rings (SSSR count). The minimum Gasteiger partial charge on any atom is -0.396 e. The lowest BCUT2D eigenvalue weighted by Gasteiger charge is -2.28. The summed E-state index contributed by atoms with van der Waals surface area (Å²) in [6, 6.07) is 20.3. The van der Waals surface area contributed by atoms with E-state index in [9.17, 15) is 10.2 Å². The van der Waals surface area contributed by atoms with Gasteiger partial charge in [-0.2, -0.15) is 0 Å². The van der Waals surface area contributed by atoms with Crippen molar-refractivity contribution in [2.45, 2.75) is 6.04 Å². The van der Waals surface area contributed by atoms with E-state index in [-0.39, 0.29) is 36.5 Å². The second-order valence-electron chi connectivity index (χ2n) is 6.44. The summed E-state index contributed by atoms with van der Waals surface area (Å²) in [6.45, 7) is 0.693. The molecule has 1 aliphatic carbocycles. The Balaban J connectivity index is 1.78. The Labute approximate surface area is 135 Å². The van der Waals surface area contributed by atoms with Gasteiger partial charge >= 0.3 is 0 Å². The van der Waals surface area contributed by atoms with E-state index in [2.05, 4.69) is 12.1 Å². The second-order valence-corrected chi connectivity index (χ2v) is 6.44. The molecule has 3 atom stereocenters. The quantitative estimate of drug-likeness (QED) is 0.910. The zero-order valence-electron chi connectivity index (χ0n) is 12.9. The van der Waals surface area contributed by atoms with Crippen molar-refractivity contribution in [1.29, 1.82) is 0 Å².